The molecule has 3 heteroatoms. The van der Waals surface area contributed by atoms with E-state index in [0.29, 0.717) is 0 Å². The van der Waals surface area contributed by atoms with Crippen LogP contribution in [-0.4, -0.2) is 11.2 Å². The van der Waals surface area contributed by atoms with Crippen LogP contribution in [0, 0.1) is 17.8 Å². The van der Waals surface area contributed by atoms with E-state index in [4.69, 9.17) is 5.26 Å². The van der Waals surface area contributed by atoms with E-state index < -0.39 is 5.97 Å². The van der Waals surface area contributed by atoms with Crippen LogP contribution in [0.25, 0.3) is 0 Å². The Bertz CT molecular complexity index is 334. The first-order chi connectivity index (χ1) is 10.8. The summed E-state index contributed by atoms with van der Waals surface area (Å²) in [6, 6.07) is 0. The minimum absolute atomic E-state index is 0.679. The van der Waals surface area contributed by atoms with Gasteiger partial charge in [0.05, 0.1) is 0 Å². The van der Waals surface area contributed by atoms with Crippen LogP contribution in [0.15, 0.2) is 11.6 Å². The largest absolute Gasteiger partial charge is 0.365 e. The van der Waals surface area contributed by atoms with Crippen LogP contribution in [0.1, 0.15) is 92.4 Å². The SMILES string of the molecule is C/C(=C\C(=O)OO)CCC[C@H](C)CCC[C@H](C)CCCC(C)C. The van der Waals surface area contributed by atoms with E-state index >= 15 is 0 Å². The zero-order valence-corrected chi connectivity index (χ0v) is 15.9. The Morgan fingerprint density at radius 3 is 1.87 bits per heavy atom. The highest BCUT2D eigenvalue weighted by Crippen LogP contribution is 2.22. The minimum Gasteiger partial charge on any atom is -0.296 e. The van der Waals surface area contributed by atoms with Gasteiger partial charge in [-0.3, -0.25) is 4.89 Å². The Morgan fingerprint density at radius 1 is 0.913 bits per heavy atom. The van der Waals surface area contributed by atoms with Crippen LogP contribution in [-0.2, 0) is 9.68 Å². The van der Waals surface area contributed by atoms with Gasteiger partial charge in [-0.05, 0) is 37.5 Å². The van der Waals surface area contributed by atoms with E-state index in [1.165, 1.54) is 51.0 Å². The highest BCUT2D eigenvalue weighted by atomic mass is 17.1. The molecule has 0 aromatic heterocycles. The normalized spacial score (nSPS) is 14.8. The maximum atomic E-state index is 10.9. The van der Waals surface area contributed by atoms with Crippen molar-refractivity contribution in [2.24, 2.45) is 17.8 Å². The average molecular weight is 327 g/mol. The van der Waals surface area contributed by atoms with Gasteiger partial charge in [-0.15, -0.1) is 0 Å². The molecule has 0 aromatic carbocycles. The molecule has 136 valence electrons. The molecule has 0 radical (unpaired) electrons. The fourth-order valence-corrected chi connectivity index (χ4v) is 3.01. The first-order valence-electron chi connectivity index (χ1n) is 9.37. The Balaban J connectivity index is 3.65. The molecule has 0 aromatic rings. The predicted molar refractivity (Wildman–Crippen MR) is 97.2 cm³/mol. The van der Waals surface area contributed by atoms with Crippen LogP contribution in [0.3, 0.4) is 0 Å². The van der Waals surface area contributed by atoms with Crippen molar-refractivity contribution in [1.82, 2.24) is 0 Å². The molecule has 0 saturated carbocycles. The summed E-state index contributed by atoms with van der Waals surface area (Å²) < 4.78 is 0. The molecule has 0 rings (SSSR count). The van der Waals surface area contributed by atoms with E-state index in [9.17, 15) is 4.79 Å². The van der Waals surface area contributed by atoms with Gasteiger partial charge in [0.1, 0.15) is 0 Å². The predicted octanol–water partition coefficient (Wildman–Crippen LogP) is 6.39. The summed E-state index contributed by atoms with van der Waals surface area (Å²) in [4.78, 5) is 14.5. The third kappa shape index (κ3) is 14.5. The summed E-state index contributed by atoms with van der Waals surface area (Å²) in [5, 5.41) is 8.23. The van der Waals surface area contributed by atoms with Crippen molar-refractivity contribution >= 4 is 5.97 Å². The lowest BCUT2D eigenvalue weighted by atomic mass is 9.91. The molecule has 0 aliphatic carbocycles. The molecule has 0 spiro atoms. The molecule has 0 heterocycles. The van der Waals surface area contributed by atoms with Gasteiger partial charge in [0, 0.05) is 6.08 Å². The van der Waals surface area contributed by atoms with Crippen molar-refractivity contribution in [2.75, 3.05) is 0 Å². The quantitative estimate of drug-likeness (QED) is 0.242. The Morgan fingerprint density at radius 2 is 1.39 bits per heavy atom. The van der Waals surface area contributed by atoms with Gasteiger partial charge >= 0.3 is 5.97 Å². The summed E-state index contributed by atoms with van der Waals surface area (Å²) in [5.41, 5.74) is 0.968. The zero-order chi connectivity index (χ0) is 17.7. The van der Waals surface area contributed by atoms with E-state index in [1.54, 1.807) is 0 Å². The van der Waals surface area contributed by atoms with Gasteiger partial charge < -0.3 is 0 Å². The Hall–Kier alpha value is -0.830. The number of rotatable bonds is 13. The zero-order valence-electron chi connectivity index (χ0n) is 15.9. The standard InChI is InChI=1S/C20H38O3/c1-16(2)9-6-10-17(3)11-7-12-18(4)13-8-14-19(5)15-20(21)23-22/h15-18,22H,6-14H2,1-5H3/b19-15+/t17-,18-/m1/s1. The first-order valence-corrected chi connectivity index (χ1v) is 9.37. The number of carbonyl (C=O) groups is 1. The van der Waals surface area contributed by atoms with E-state index in [1.807, 2.05) is 6.92 Å². The van der Waals surface area contributed by atoms with Crippen LogP contribution in [0.4, 0.5) is 0 Å². The molecule has 0 amide bonds. The minimum atomic E-state index is -0.679. The van der Waals surface area contributed by atoms with Crippen LogP contribution >= 0.6 is 0 Å². The third-order valence-corrected chi connectivity index (χ3v) is 4.59. The molecule has 3 nitrogen and oxygen atoms in total. The molecule has 0 bridgehead atoms. The number of hydrogen-bond acceptors (Lipinski definition) is 3. The molecular formula is C20H38O3. The van der Waals surface area contributed by atoms with Gasteiger partial charge in [0.2, 0.25) is 0 Å². The topological polar surface area (TPSA) is 46.5 Å². The van der Waals surface area contributed by atoms with Crippen molar-refractivity contribution in [3.8, 4) is 0 Å². The summed E-state index contributed by atoms with van der Waals surface area (Å²) in [6.45, 7) is 11.2. The van der Waals surface area contributed by atoms with Crippen molar-refractivity contribution < 1.29 is 14.9 Å². The van der Waals surface area contributed by atoms with Crippen molar-refractivity contribution in [2.45, 2.75) is 92.4 Å². The number of carbonyl (C=O) groups excluding carboxylic acids is 1. The highest BCUT2D eigenvalue weighted by molar-refractivity contribution is 5.82. The van der Waals surface area contributed by atoms with Crippen molar-refractivity contribution in [3.63, 3.8) is 0 Å². The van der Waals surface area contributed by atoms with Crippen molar-refractivity contribution in [1.29, 1.82) is 0 Å². The second-order valence-corrected chi connectivity index (χ2v) is 7.76. The summed E-state index contributed by atoms with van der Waals surface area (Å²) in [6.07, 6.45) is 12.6. The van der Waals surface area contributed by atoms with E-state index in [-0.39, 0.29) is 0 Å². The fraction of sp³-hybridized carbons (Fsp3) is 0.850. The molecule has 23 heavy (non-hydrogen) atoms. The van der Waals surface area contributed by atoms with Crippen LogP contribution < -0.4 is 0 Å². The van der Waals surface area contributed by atoms with Gasteiger partial charge in [-0.25, -0.2) is 4.79 Å². The lowest BCUT2D eigenvalue weighted by molar-refractivity contribution is -0.228. The summed E-state index contributed by atoms with van der Waals surface area (Å²) >= 11 is 0. The molecule has 0 unspecified atom stereocenters. The Kier molecular flexibility index (Phi) is 13.1. The van der Waals surface area contributed by atoms with Gasteiger partial charge in [-0.1, -0.05) is 78.2 Å². The Labute approximate surface area is 143 Å². The van der Waals surface area contributed by atoms with Gasteiger partial charge in [0.15, 0.2) is 0 Å². The van der Waals surface area contributed by atoms with Crippen molar-refractivity contribution in [3.05, 3.63) is 11.6 Å². The van der Waals surface area contributed by atoms with Gasteiger partial charge in [0.25, 0.3) is 0 Å². The molecule has 2 atom stereocenters. The molecule has 1 N–H and O–H groups in total. The second-order valence-electron chi connectivity index (χ2n) is 7.76. The van der Waals surface area contributed by atoms with Gasteiger partial charge in [-0.2, -0.15) is 5.26 Å². The second kappa shape index (κ2) is 13.6. The lowest BCUT2D eigenvalue weighted by Gasteiger charge is -2.15. The fourth-order valence-electron chi connectivity index (χ4n) is 3.01. The number of hydrogen-bond donors (Lipinski definition) is 1. The lowest BCUT2D eigenvalue weighted by Crippen LogP contribution is -2.00. The molecule has 0 saturated heterocycles. The summed E-state index contributed by atoms with van der Waals surface area (Å²) in [7, 11) is 0. The van der Waals surface area contributed by atoms with E-state index in [0.717, 1.165) is 36.2 Å². The smallest absolute Gasteiger partial charge is 0.296 e. The highest BCUT2D eigenvalue weighted by Gasteiger charge is 2.07. The molecular weight excluding hydrogens is 288 g/mol. The summed E-state index contributed by atoms with van der Waals surface area (Å²) in [5.74, 6) is 1.76. The molecule has 0 aliphatic rings. The maximum absolute atomic E-state index is 10.9. The monoisotopic (exact) mass is 326 g/mol. The van der Waals surface area contributed by atoms with E-state index in [2.05, 4.69) is 32.6 Å². The maximum Gasteiger partial charge on any atom is 0.365 e. The van der Waals surface area contributed by atoms with Crippen LogP contribution in [0.2, 0.25) is 0 Å². The molecule has 0 fully saturated rings. The molecule has 0 aliphatic heterocycles. The number of allylic oxidation sites excluding steroid dienone is 1. The average Bonchev–Trinajstić information content (AvgIpc) is 2.46. The third-order valence-electron chi connectivity index (χ3n) is 4.59. The van der Waals surface area contributed by atoms with Crippen LogP contribution in [0.5, 0.6) is 0 Å². The first kappa shape index (κ1) is 22.2.